The van der Waals surface area contributed by atoms with E-state index in [-0.39, 0.29) is 18.0 Å². The maximum atomic E-state index is 12.0. The molecule has 23 heavy (non-hydrogen) atoms. The average Bonchev–Trinajstić information content (AvgIpc) is 3.07. The lowest BCUT2D eigenvalue weighted by atomic mass is 10.2. The topological polar surface area (TPSA) is 72.5 Å². The van der Waals surface area contributed by atoms with Crippen LogP contribution < -0.4 is 5.32 Å². The van der Waals surface area contributed by atoms with Crippen molar-refractivity contribution in [3.63, 3.8) is 0 Å². The van der Waals surface area contributed by atoms with Gasteiger partial charge >= 0.3 is 5.97 Å². The predicted molar refractivity (Wildman–Crippen MR) is 88.0 cm³/mol. The first kappa shape index (κ1) is 17.2. The van der Waals surface area contributed by atoms with E-state index < -0.39 is 17.9 Å². The van der Waals surface area contributed by atoms with Crippen molar-refractivity contribution in [1.29, 1.82) is 0 Å². The van der Waals surface area contributed by atoms with Gasteiger partial charge in [-0.15, -0.1) is 11.3 Å². The lowest BCUT2D eigenvalue weighted by molar-refractivity contribution is -0.144. The molecule has 0 spiro atoms. The van der Waals surface area contributed by atoms with Crippen molar-refractivity contribution in [2.45, 2.75) is 13.0 Å². The molecular weight excluding hydrogens is 338 g/mol. The minimum absolute atomic E-state index is 0.267. The van der Waals surface area contributed by atoms with Crippen molar-refractivity contribution >= 4 is 40.6 Å². The van der Waals surface area contributed by atoms with Crippen LogP contribution in [0.15, 0.2) is 41.8 Å². The lowest BCUT2D eigenvalue weighted by Crippen LogP contribution is -2.40. The first-order valence-electron chi connectivity index (χ1n) is 6.77. The highest BCUT2D eigenvalue weighted by atomic mass is 35.5. The molecule has 1 heterocycles. The number of carbonyl (C=O) groups excluding carboxylic acids is 3. The van der Waals surface area contributed by atoms with Gasteiger partial charge in [-0.25, -0.2) is 4.79 Å². The van der Waals surface area contributed by atoms with Crippen molar-refractivity contribution in [2.75, 3.05) is 6.61 Å². The molecule has 0 saturated heterocycles. The van der Waals surface area contributed by atoms with Gasteiger partial charge in [-0.05, 0) is 30.5 Å². The summed E-state index contributed by atoms with van der Waals surface area (Å²) in [6.45, 7) is 1.12. The van der Waals surface area contributed by atoms with Crippen LogP contribution in [0.25, 0.3) is 0 Å². The summed E-state index contributed by atoms with van der Waals surface area (Å²) in [7, 11) is 0. The Morgan fingerprint density at radius 3 is 2.61 bits per heavy atom. The number of rotatable bonds is 6. The largest absolute Gasteiger partial charge is 0.456 e. The monoisotopic (exact) mass is 351 g/mol. The predicted octanol–water partition coefficient (Wildman–Crippen LogP) is 2.95. The molecule has 1 aromatic carbocycles. The molecule has 0 aliphatic rings. The fourth-order valence-electron chi connectivity index (χ4n) is 1.75. The zero-order valence-corrected chi connectivity index (χ0v) is 13.8. The third-order valence-electron chi connectivity index (χ3n) is 2.96. The van der Waals surface area contributed by atoms with Crippen LogP contribution in [-0.2, 0) is 9.53 Å². The van der Waals surface area contributed by atoms with Crippen molar-refractivity contribution in [2.24, 2.45) is 0 Å². The molecule has 0 unspecified atom stereocenters. The number of esters is 1. The van der Waals surface area contributed by atoms with E-state index in [0.717, 1.165) is 0 Å². The number of ketones is 1. The van der Waals surface area contributed by atoms with Crippen LogP contribution in [0.3, 0.4) is 0 Å². The number of amides is 1. The van der Waals surface area contributed by atoms with Crippen molar-refractivity contribution in [1.82, 2.24) is 5.32 Å². The summed E-state index contributed by atoms with van der Waals surface area (Å²) in [4.78, 5) is 36.2. The smallest absolute Gasteiger partial charge is 0.328 e. The van der Waals surface area contributed by atoms with Gasteiger partial charge in [-0.1, -0.05) is 29.8 Å². The molecule has 0 saturated carbocycles. The van der Waals surface area contributed by atoms with Crippen LogP contribution in [0.4, 0.5) is 0 Å². The highest BCUT2D eigenvalue weighted by Gasteiger charge is 2.20. The summed E-state index contributed by atoms with van der Waals surface area (Å²) in [5.41, 5.74) is 0.267. The molecule has 120 valence electrons. The van der Waals surface area contributed by atoms with Crippen LogP contribution in [0.5, 0.6) is 0 Å². The van der Waals surface area contributed by atoms with Gasteiger partial charge in [0.15, 0.2) is 6.61 Å². The molecule has 2 rings (SSSR count). The number of nitrogens with one attached hydrogen (secondary N) is 1. The van der Waals surface area contributed by atoms with E-state index in [4.69, 9.17) is 16.3 Å². The van der Waals surface area contributed by atoms with Crippen molar-refractivity contribution in [3.05, 3.63) is 57.2 Å². The van der Waals surface area contributed by atoms with Crippen molar-refractivity contribution < 1.29 is 19.1 Å². The fourth-order valence-corrected chi connectivity index (χ4v) is 2.62. The Morgan fingerprint density at radius 1 is 1.22 bits per heavy atom. The van der Waals surface area contributed by atoms with E-state index in [1.54, 1.807) is 41.8 Å². The van der Waals surface area contributed by atoms with Gasteiger partial charge in [0.05, 0.1) is 15.5 Å². The van der Waals surface area contributed by atoms with Crippen LogP contribution in [0.1, 0.15) is 27.0 Å². The number of hydrogen-bond acceptors (Lipinski definition) is 5. The molecule has 0 fully saturated rings. The lowest BCUT2D eigenvalue weighted by Gasteiger charge is -2.13. The number of Topliss-reactive ketones (excluding diaryl/α,β-unsaturated/α-hetero) is 1. The Hall–Kier alpha value is -2.18. The van der Waals surface area contributed by atoms with E-state index in [2.05, 4.69) is 5.32 Å². The highest BCUT2D eigenvalue weighted by molar-refractivity contribution is 7.12. The normalized spacial score (nSPS) is 11.6. The van der Waals surface area contributed by atoms with Gasteiger partial charge in [-0.3, -0.25) is 9.59 Å². The standard InChI is InChI=1S/C16H14ClNO4S/c1-10(18-15(20)11-5-2-3-6-12(11)17)16(21)22-9-13(19)14-7-4-8-23-14/h2-8,10H,9H2,1H3,(H,18,20)/t10-/m0/s1. The average molecular weight is 352 g/mol. The van der Waals surface area contributed by atoms with Crippen LogP contribution in [0, 0.1) is 0 Å². The number of hydrogen-bond donors (Lipinski definition) is 1. The third-order valence-corrected chi connectivity index (χ3v) is 4.20. The van der Waals surface area contributed by atoms with Gasteiger partial charge in [0.1, 0.15) is 6.04 Å². The maximum absolute atomic E-state index is 12.0. The minimum atomic E-state index is -0.894. The van der Waals surface area contributed by atoms with Crippen molar-refractivity contribution in [3.8, 4) is 0 Å². The van der Waals surface area contributed by atoms with E-state index in [1.165, 1.54) is 18.3 Å². The number of carbonyl (C=O) groups is 3. The summed E-state index contributed by atoms with van der Waals surface area (Å²) in [5, 5.41) is 4.54. The second kappa shape index (κ2) is 7.89. The third kappa shape index (κ3) is 4.64. The van der Waals surface area contributed by atoms with Crippen LogP contribution >= 0.6 is 22.9 Å². The molecule has 7 heteroatoms. The molecule has 0 radical (unpaired) electrons. The summed E-state index contributed by atoms with van der Waals surface area (Å²) in [5.74, 6) is -1.45. The summed E-state index contributed by atoms with van der Waals surface area (Å²) < 4.78 is 4.93. The molecule has 1 aromatic heterocycles. The molecule has 0 aliphatic heterocycles. The Bertz CT molecular complexity index is 715. The molecule has 1 amide bonds. The Labute approximate surface area is 142 Å². The molecular formula is C16H14ClNO4S. The molecule has 0 aliphatic carbocycles. The summed E-state index contributed by atoms with van der Waals surface area (Å²) in [6, 6.07) is 9.01. The Balaban J connectivity index is 1.86. The van der Waals surface area contributed by atoms with Crippen LogP contribution in [0.2, 0.25) is 5.02 Å². The second-order valence-corrected chi connectivity index (χ2v) is 6.04. The molecule has 2 aromatic rings. The van der Waals surface area contributed by atoms with Gasteiger partial charge in [0.2, 0.25) is 5.78 Å². The first-order chi connectivity index (χ1) is 11.0. The van der Waals surface area contributed by atoms with Crippen LogP contribution in [-0.4, -0.2) is 30.3 Å². The van der Waals surface area contributed by atoms with E-state index >= 15 is 0 Å². The number of ether oxygens (including phenoxy) is 1. The van der Waals surface area contributed by atoms with E-state index in [0.29, 0.717) is 9.90 Å². The first-order valence-corrected chi connectivity index (χ1v) is 8.03. The summed E-state index contributed by atoms with van der Waals surface area (Å²) in [6.07, 6.45) is 0. The Kier molecular flexibility index (Phi) is 5.90. The highest BCUT2D eigenvalue weighted by Crippen LogP contribution is 2.15. The SMILES string of the molecule is C[C@H](NC(=O)c1ccccc1Cl)C(=O)OCC(=O)c1cccs1. The van der Waals surface area contributed by atoms with E-state index in [9.17, 15) is 14.4 Å². The van der Waals surface area contributed by atoms with Gasteiger partial charge in [0.25, 0.3) is 5.91 Å². The maximum Gasteiger partial charge on any atom is 0.328 e. The van der Waals surface area contributed by atoms with E-state index in [1.807, 2.05) is 0 Å². The Morgan fingerprint density at radius 2 is 1.96 bits per heavy atom. The second-order valence-electron chi connectivity index (χ2n) is 4.68. The quantitative estimate of drug-likeness (QED) is 0.641. The molecule has 0 bridgehead atoms. The minimum Gasteiger partial charge on any atom is -0.456 e. The summed E-state index contributed by atoms with van der Waals surface area (Å²) >= 11 is 7.20. The van der Waals surface area contributed by atoms with Gasteiger partial charge in [-0.2, -0.15) is 0 Å². The fraction of sp³-hybridized carbons (Fsp3) is 0.188. The number of halogens is 1. The zero-order chi connectivity index (χ0) is 16.8. The molecule has 1 N–H and O–H groups in total. The number of thiophene rings is 1. The molecule has 1 atom stereocenters. The van der Waals surface area contributed by atoms with Gasteiger partial charge < -0.3 is 10.1 Å². The number of benzene rings is 1. The van der Waals surface area contributed by atoms with Gasteiger partial charge in [0, 0.05) is 0 Å². The molecule has 5 nitrogen and oxygen atoms in total. The zero-order valence-electron chi connectivity index (χ0n) is 12.2.